The van der Waals surface area contributed by atoms with E-state index in [1.165, 1.54) is 28.0 Å². The van der Waals surface area contributed by atoms with Crippen molar-refractivity contribution in [2.75, 3.05) is 31.5 Å². The van der Waals surface area contributed by atoms with Crippen molar-refractivity contribution in [3.8, 4) is 23.0 Å². The number of aromatic carboxylic acids is 1. The summed E-state index contributed by atoms with van der Waals surface area (Å²) in [5.74, 6) is -12.5. The lowest BCUT2D eigenvalue weighted by atomic mass is 9.72. The molecule has 3 heterocycles. The van der Waals surface area contributed by atoms with Crippen molar-refractivity contribution in [3.05, 3.63) is 74.8 Å². The van der Waals surface area contributed by atoms with Crippen LogP contribution in [-0.4, -0.2) is 121 Å². The standard InChI is InChI=1S/C34H31BCl2F2N6O12/c36-15-10-16(12-18(46)11-15)40-33(54)43-5-3-17(4-6-43)44-7-8-45(31(51)30(44)50)34(55)42-25(19-13-21(39)26(47)27(48)24(19)37)29(49)41-22-9-14-1-2-20(38)23(32(52)53)28(14)57-35(22)56/h1-2,10-13,17,22,25,46-48,56H,3-9H2,(H,40,54)(H,41,49)(H,42,55)(H,52,53)/t22-,25?/m0/s1. The van der Waals surface area contributed by atoms with E-state index in [1.807, 2.05) is 0 Å². The number of urea groups is 2. The van der Waals surface area contributed by atoms with Crippen LogP contribution in [0.5, 0.6) is 23.0 Å². The summed E-state index contributed by atoms with van der Waals surface area (Å²) in [7, 11) is -1.98. The fraction of sp³-hybridized carbons (Fsp3) is 0.294. The SMILES string of the molecule is O=C(O)c1c(F)ccc2c1OB(O)[C@@H](NC(=O)C(NC(=O)N1CCN(C3CCN(C(=O)Nc4cc(O)cc(Cl)c4)CC3)C(=O)C1=O)c1cc(F)c(O)c(O)c1Cl)C2. The highest BCUT2D eigenvalue weighted by Gasteiger charge is 2.44. The zero-order valence-electron chi connectivity index (χ0n) is 29.2. The number of carboxylic acid groups (broad SMARTS) is 1. The first-order chi connectivity index (χ1) is 26.9. The molecular weight excluding hydrogens is 804 g/mol. The van der Waals surface area contributed by atoms with E-state index in [9.17, 15) is 63.0 Å². The van der Waals surface area contributed by atoms with Crippen LogP contribution >= 0.6 is 23.2 Å². The molecule has 0 aliphatic carbocycles. The molecule has 3 aromatic carbocycles. The molecule has 300 valence electrons. The van der Waals surface area contributed by atoms with Gasteiger partial charge in [-0.1, -0.05) is 29.3 Å². The lowest BCUT2D eigenvalue weighted by Crippen LogP contribution is -2.62. The summed E-state index contributed by atoms with van der Waals surface area (Å²) in [5, 5.41) is 56.5. The highest BCUT2D eigenvalue weighted by atomic mass is 35.5. The molecule has 3 aliphatic rings. The van der Waals surface area contributed by atoms with Crippen molar-refractivity contribution in [2.24, 2.45) is 0 Å². The van der Waals surface area contributed by atoms with E-state index in [4.69, 9.17) is 27.9 Å². The Morgan fingerprint density at radius 3 is 2.26 bits per heavy atom. The third-order valence-electron chi connectivity index (χ3n) is 9.61. The lowest BCUT2D eigenvalue weighted by molar-refractivity contribution is -0.156. The minimum atomic E-state index is -2.07. The number of aromatic hydroxyl groups is 3. The maximum atomic E-state index is 14.7. The van der Waals surface area contributed by atoms with Crippen LogP contribution in [0.2, 0.25) is 10.0 Å². The summed E-state index contributed by atoms with van der Waals surface area (Å²) in [6.07, 6.45) is 0.199. The first-order valence-corrected chi connectivity index (χ1v) is 17.8. The van der Waals surface area contributed by atoms with Gasteiger partial charge in [0.05, 0.1) is 11.0 Å². The molecule has 0 spiro atoms. The molecule has 0 radical (unpaired) electrons. The number of halogens is 4. The number of nitrogens with zero attached hydrogens (tertiary/aromatic N) is 3. The van der Waals surface area contributed by atoms with Crippen molar-refractivity contribution >= 4 is 71.8 Å². The number of nitrogens with one attached hydrogen (secondary N) is 3. The molecule has 7 amide bonds. The minimum absolute atomic E-state index is 0.0611. The molecule has 2 atom stereocenters. The number of fused-ring (bicyclic) bond motifs is 1. The van der Waals surface area contributed by atoms with E-state index in [0.29, 0.717) is 11.0 Å². The van der Waals surface area contributed by atoms with Crippen LogP contribution in [0.1, 0.15) is 40.4 Å². The number of carbonyl (C=O) groups is 6. The molecular formula is C34H31BCl2F2N6O12. The van der Waals surface area contributed by atoms with Crippen LogP contribution in [-0.2, 0) is 20.8 Å². The lowest BCUT2D eigenvalue weighted by Gasteiger charge is -2.41. The predicted octanol–water partition coefficient (Wildman–Crippen LogP) is 2.34. The molecule has 23 heteroatoms. The van der Waals surface area contributed by atoms with Gasteiger partial charge in [0, 0.05) is 54.6 Å². The summed E-state index contributed by atoms with van der Waals surface area (Å²) in [4.78, 5) is 81.7. The average Bonchev–Trinajstić information content (AvgIpc) is 3.15. The van der Waals surface area contributed by atoms with Gasteiger partial charge in [-0.15, -0.1) is 0 Å². The van der Waals surface area contributed by atoms with E-state index in [-0.39, 0.29) is 67.5 Å². The Bertz CT molecular complexity index is 2180. The summed E-state index contributed by atoms with van der Waals surface area (Å²) >= 11 is 12.1. The van der Waals surface area contributed by atoms with E-state index in [2.05, 4.69) is 16.0 Å². The molecule has 0 bridgehead atoms. The number of rotatable bonds is 7. The normalized spacial score (nSPS) is 17.7. The van der Waals surface area contributed by atoms with E-state index >= 15 is 0 Å². The van der Waals surface area contributed by atoms with Gasteiger partial charge in [-0.2, -0.15) is 0 Å². The molecule has 8 N–H and O–H groups in total. The second kappa shape index (κ2) is 16.2. The Hall–Kier alpha value is -6.06. The monoisotopic (exact) mass is 834 g/mol. The van der Waals surface area contributed by atoms with Gasteiger partial charge < -0.3 is 55.9 Å². The van der Waals surface area contributed by atoms with Crippen molar-refractivity contribution in [3.63, 3.8) is 0 Å². The Balaban J connectivity index is 1.14. The summed E-state index contributed by atoms with van der Waals surface area (Å²) in [5.41, 5.74) is -1.17. The van der Waals surface area contributed by atoms with Crippen LogP contribution in [0.4, 0.5) is 24.1 Å². The van der Waals surface area contributed by atoms with Crippen molar-refractivity contribution in [2.45, 2.75) is 37.3 Å². The molecule has 0 aromatic heterocycles. The minimum Gasteiger partial charge on any atom is -0.534 e. The fourth-order valence-corrected chi connectivity index (χ4v) is 7.25. The maximum Gasteiger partial charge on any atom is 0.547 e. The number of piperidine rings is 1. The molecule has 2 fully saturated rings. The molecule has 0 saturated carbocycles. The molecule has 3 aliphatic heterocycles. The van der Waals surface area contributed by atoms with Gasteiger partial charge in [0.25, 0.3) is 0 Å². The zero-order valence-corrected chi connectivity index (χ0v) is 30.7. The van der Waals surface area contributed by atoms with Crippen LogP contribution in [0.3, 0.4) is 0 Å². The summed E-state index contributed by atoms with van der Waals surface area (Å²) in [6, 6.07) is 2.17. The van der Waals surface area contributed by atoms with Crippen LogP contribution in [0, 0.1) is 11.6 Å². The molecule has 3 aromatic rings. The van der Waals surface area contributed by atoms with E-state index in [0.717, 1.165) is 12.1 Å². The van der Waals surface area contributed by atoms with Gasteiger partial charge in [-0.3, -0.25) is 19.3 Å². The topological polar surface area (TPSA) is 259 Å². The number of carboxylic acids is 1. The van der Waals surface area contributed by atoms with Gasteiger partial charge in [0.15, 0.2) is 17.3 Å². The Kier molecular flexibility index (Phi) is 11.5. The number of anilines is 1. The largest absolute Gasteiger partial charge is 0.547 e. The highest BCUT2D eigenvalue weighted by Crippen LogP contribution is 2.41. The molecule has 2 saturated heterocycles. The van der Waals surface area contributed by atoms with Crippen LogP contribution < -0.4 is 20.6 Å². The Labute approximate surface area is 330 Å². The summed E-state index contributed by atoms with van der Waals surface area (Å²) in [6.45, 7) is -0.153. The number of phenolic OH excluding ortho intramolecular Hbond substituents is 3. The number of likely N-dealkylation sites (tertiary alicyclic amines) is 1. The number of carbonyl (C=O) groups excluding carboxylic acids is 5. The van der Waals surface area contributed by atoms with Gasteiger partial charge >= 0.3 is 37.0 Å². The second-order valence-electron chi connectivity index (χ2n) is 13.2. The first-order valence-electron chi connectivity index (χ1n) is 17.0. The number of imide groups is 1. The molecule has 18 nitrogen and oxygen atoms in total. The zero-order chi connectivity index (χ0) is 41.5. The fourth-order valence-electron chi connectivity index (χ4n) is 6.76. The van der Waals surface area contributed by atoms with E-state index < -0.39 is 106 Å². The summed E-state index contributed by atoms with van der Waals surface area (Å²) < 4.78 is 34.2. The van der Waals surface area contributed by atoms with Gasteiger partial charge in [-0.05, 0) is 49.1 Å². The number of amides is 7. The van der Waals surface area contributed by atoms with Gasteiger partial charge in [-0.25, -0.2) is 23.2 Å². The quantitative estimate of drug-likeness (QED) is 0.0970. The number of benzene rings is 3. The molecule has 57 heavy (non-hydrogen) atoms. The number of piperazine rings is 1. The highest BCUT2D eigenvalue weighted by molar-refractivity contribution is 6.47. The van der Waals surface area contributed by atoms with Crippen molar-refractivity contribution in [1.29, 1.82) is 0 Å². The predicted molar refractivity (Wildman–Crippen MR) is 194 cm³/mol. The second-order valence-corrected chi connectivity index (χ2v) is 14.0. The Morgan fingerprint density at radius 1 is 0.895 bits per heavy atom. The number of hydrogen-bond donors (Lipinski definition) is 8. The molecule has 6 rings (SSSR count). The smallest absolute Gasteiger partial charge is 0.534 e. The number of hydrogen-bond acceptors (Lipinski definition) is 11. The molecule has 1 unspecified atom stereocenters. The van der Waals surface area contributed by atoms with Gasteiger partial charge in [0.2, 0.25) is 5.91 Å². The van der Waals surface area contributed by atoms with Gasteiger partial charge in [0.1, 0.15) is 28.9 Å². The van der Waals surface area contributed by atoms with Crippen LogP contribution in [0.15, 0.2) is 36.4 Å². The Morgan fingerprint density at radius 2 is 1.60 bits per heavy atom. The average molecular weight is 835 g/mol. The third-order valence-corrected chi connectivity index (χ3v) is 10.2. The van der Waals surface area contributed by atoms with E-state index in [1.54, 1.807) is 0 Å². The van der Waals surface area contributed by atoms with Crippen molar-refractivity contribution < 1.29 is 67.7 Å². The first kappa shape index (κ1) is 40.6. The van der Waals surface area contributed by atoms with Crippen LogP contribution in [0.25, 0.3) is 0 Å². The number of phenols is 3. The van der Waals surface area contributed by atoms with Crippen molar-refractivity contribution in [1.82, 2.24) is 25.3 Å². The maximum absolute atomic E-state index is 14.7. The third kappa shape index (κ3) is 8.25.